The minimum atomic E-state index is -0.289. The molecule has 3 aromatic rings. The Morgan fingerprint density at radius 3 is 2.43 bits per heavy atom. The molecule has 4 rings (SSSR count). The molecule has 1 aliphatic heterocycles. The summed E-state index contributed by atoms with van der Waals surface area (Å²) in [6, 6.07) is 8.22. The van der Waals surface area contributed by atoms with Gasteiger partial charge in [0.2, 0.25) is 0 Å². The molecule has 1 aromatic heterocycles. The van der Waals surface area contributed by atoms with Gasteiger partial charge in [0.05, 0.1) is 0 Å². The quantitative estimate of drug-likeness (QED) is 0.578. The average Bonchev–Trinajstić information content (AvgIpc) is 2.62. The van der Waals surface area contributed by atoms with E-state index in [1.807, 2.05) is 6.92 Å². The number of fused-ring (bicyclic) bond motifs is 2. The molecule has 0 radical (unpaired) electrons. The van der Waals surface area contributed by atoms with Crippen molar-refractivity contribution in [3.05, 3.63) is 68.1 Å². The van der Waals surface area contributed by atoms with Gasteiger partial charge in [-0.25, -0.2) is 4.79 Å². The van der Waals surface area contributed by atoms with Crippen molar-refractivity contribution in [2.75, 3.05) is 11.6 Å². The molecular weight excluding hydrogens is 350 g/mol. The second kappa shape index (κ2) is 7.01. The molecule has 146 valence electrons. The van der Waals surface area contributed by atoms with Crippen molar-refractivity contribution in [2.45, 2.75) is 54.0 Å². The number of hydrogen-bond donors (Lipinski definition) is 0. The second-order valence-electron chi connectivity index (χ2n) is 7.93. The average molecular weight is 377 g/mol. The topological polar surface area (TPSA) is 42.7 Å². The van der Waals surface area contributed by atoms with Crippen LogP contribution < -0.4 is 15.3 Å². The van der Waals surface area contributed by atoms with Crippen molar-refractivity contribution >= 4 is 16.7 Å². The summed E-state index contributed by atoms with van der Waals surface area (Å²) in [6.45, 7) is 11.8. The molecule has 1 aliphatic rings. The van der Waals surface area contributed by atoms with E-state index in [4.69, 9.17) is 9.15 Å². The number of aryl methyl sites for hydroxylation is 5. The third-order valence-electron chi connectivity index (χ3n) is 5.57. The van der Waals surface area contributed by atoms with E-state index in [1.54, 1.807) is 6.07 Å². The lowest BCUT2D eigenvalue weighted by Gasteiger charge is -2.34. The van der Waals surface area contributed by atoms with Crippen LogP contribution in [0.4, 0.5) is 5.69 Å². The summed E-state index contributed by atoms with van der Waals surface area (Å²) < 4.78 is 11.7. The fourth-order valence-electron chi connectivity index (χ4n) is 4.57. The monoisotopic (exact) mass is 377 g/mol. The molecule has 0 bridgehead atoms. The molecule has 0 aliphatic carbocycles. The minimum Gasteiger partial charge on any atom is -0.472 e. The first-order valence-corrected chi connectivity index (χ1v) is 9.93. The molecule has 0 fully saturated rings. The Morgan fingerprint density at radius 2 is 1.75 bits per heavy atom. The van der Waals surface area contributed by atoms with Crippen molar-refractivity contribution in [3.63, 3.8) is 0 Å². The van der Waals surface area contributed by atoms with Crippen molar-refractivity contribution in [2.24, 2.45) is 0 Å². The standard InChI is InChI=1S/C24H27NO3/c1-6-7-18-11-21(26)28-24-17(5)23-19(10-20(18)24)12-25(13-27-23)22-15(3)8-14(2)9-16(22)4/h8-11H,6-7,12-13H2,1-5H3. The number of anilines is 1. The number of benzene rings is 2. The summed E-state index contributed by atoms with van der Waals surface area (Å²) in [5.41, 5.74) is 8.52. The van der Waals surface area contributed by atoms with Gasteiger partial charge in [-0.2, -0.15) is 0 Å². The van der Waals surface area contributed by atoms with Gasteiger partial charge in [0.15, 0.2) is 6.73 Å². The summed E-state index contributed by atoms with van der Waals surface area (Å²) in [4.78, 5) is 14.3. The summed E-state index contributed by atoms with van der Waals surface area (Å²) in [5.74, 6) is 0.850. The third-order valence-corrected chi connectivity index (χ3v) is 5.57. The van der Waals surface area contributed by atoms with Crippen molar-refractivity contribution < 1.29 is 9.15 Å². The van der Waals surface area contributed by atoms with Gasteiger partial charge in [-0.15, -0.1) is 0 Å². The summed E-state index contributed by atoms with van der Waals surface area (Å²) >= 11 is 0. The zero-order valence-corrected chi connectivity index (χ0v) is 17.3. The normalized spacial score (nSPS) is 13.5. The van der Waals surface area contributed by atoms with E-state index in [0.717, 1.165) is 47.2 Å². The Balaban J connectivity index is 1.84. The van der Waals surface area contributed by atoms with Crippen LogP contribution in [0.5, 0.6) is 5.75 Å². The highest BCUT2D eigenvalue weighted by Crippen LogP contribution is 2.38. The van der Waals surface area contributed by atoms with Gasteiger partial charge >= 0.3 is 5.63 Å². The Kier molecular flexibility index (Phi) is 4.66. The lowest BCUT2D eigenvalue weighted by Crippen LogP contribution is -2.33. The van der Waals surface area contributed by atoms with Crippen LogP contribution in [0.15, 0.2) is 33.5 Å². The summed E-state index contributed by atoms with van der Waals surface area (Å²) in [6.07, 6.45) is 1.85. The maximum absolute atomic E-state index is 12.0. The van der Waals surface area contributed by atoms with Crippen LogP contribution in [0.2, 0.25) is 0 Å². The minimum absolute atomic E-state index is 0.289. The molecule has 2 heterocycles. The second-order valence-corrected chi connectivity index (χ2v) is 7.93. The van der Waals surface area contributed by atoms with Gasteiger partial charge in [-0.1, -0.05) is 31.0 Å². The summed E-state index contributed by atoms with van der Waals surface area (Å²) in [7, 11) is 0. The first-order chi connectivity index (χ1) is 13.4. The van der Waals surface area contributed by atoms with Crippen LogP contribution in [0.3, 0.4) is 0 Å². The van der Waals surface area contributed by atoms with Crippen molar-refractivity contribution in [1.29, 1.82) is 0 Å². The molecule has 0 saturated carbocycles. The third kappa shape index (κ3) is 3.07. The highest BCUT2D eigenvalue weighted by atomic mass is 16.5. The molecule has 4 heteroatoms. The van der Waals surface area contributed by atoms with Crippen LogP contribution in [0.25, 0.3) is 11.0 Å². The fraction of sp³-hybridized carbons (Fsp3) is 0.375. The van der Waals surface area contributed by atoms with Gasteiger partial charge in [0.25, 0.3) is 0 Å². The van der Waals surface area contributed by atoms with E-state index < -0.39 is 0 Å². The summed E-state index contributed by atoms with van der Waals surface area (Å²) in [5, 5.41) is 1.03. The Labute approximate surface area is 165 Å². The lowest BCUT2D eigenvalue weighted by molar-refractivity contribution is 0.287. The van der Waals surface area contributed by atoms with Crippen LogP contribution in [0, 0.1) is 27.7 Å². The largest absolute Gasteiger partial charge is 0.472 e. The van der Waals surface area contributed by atoms with E-state index in [0.29, 0.717) is 12.3 Å². The number of ether oxygens (including phenoxy) is 1. The maximum Gasteiger partial charge on any atom is 0.336 e. The van der Waals surface area contributed by atoms with E-state index in [2.05, 4.69) is 50.8 Å². The van der Waals surface area contributed by atoms with Crippen LogP contribution in [0.1, 0.15) is 46.7 Å². The van der Waals surface area contributed by atoms with E-state index in [-0.39, 0.29) is 5.63 Å². The Bertz CT molecular complexity index is 1100. The molecule has 0 saturated heterocycles. The fourth-order valence-corrected chi connectivity index (χ4v) is 4.57. The smallest absolute Gasteiger partial charge is 0.336 e. The Hall–Kier alpha value is -2.75. The molecule has 0 amide bonds. The predicted octanol–water partition coefficient (Wildman–Crippen LogP) is 5.34. The first kappa shape index (κ1) is 18.6. The SMILES string of the molecule is CCCc1cc(=O)oc2c(C)c3c(cc12)CN(c1c(C)cc(C)cc1C)CO3. The first-order valence-electron chi connectivity index (χ1n) is 9.93. The number of hydrogen-bond acceptors (Lipinski definition) is 4. The molecular formula is C24H27NO3. The highest BCUT2D eigenvalue weighted by Gasteiger charge is 2.24. The van der Waals surface area contributed by atoms with Crippen molar-refractivity contribution in [3.8, 4) is 5.75 Å². The molecule has 28 heavy (non-hydrogen) atoms. The van der Waals surface area contributed by atoms with Gasteiger partial charge in [0, 0.05) is 34.8 Å². The van der Waals surface area contributed by atoms with Crippen molar-refractivity contribution in [1.82, 2.24) is 0 Å². The highest BCUT2D eigenvalue weighted by molar-refractivity contribution is 5.86. The van der Waals surface area contributed by atoms with E-state index in [9.17, 15) is 4.79 Å². The van der Waals surface area contributed by atoms with Crippen LogP contribution in [-0.2, 0) is 13.0 Å². The van der Waals surface area contributed by atoms with Gasteiger partial charge < -0.3 is 14.1 Å². The molecule has 0 spiro atoms. The lowest BCUT2D eigenvalue weighted by atomic mass is 9.98. The zero-order valence-electron chi connectivity index (χ0n) is 17.3. The molecule has 4 nitrogen and oxygen atoms in total. The number of rotatable bonds is 3. The van der Waals surface area contributed by atoms with Gasteiger partial charge in [-0.3, -0.25) is 0 Å². The van der Waals surface area contributed by atoms with E-state index in [1.165, 1.54) is 22.4 Å². The number of nitrogens with zero attached hydrogens (tertiary/aromatic N) is 1. The van der Waals surface area contributed by atoms with Gasteiger partial charge in [-0.05, 0) is 56.9 Å². The molecule has 0 N–H and O–H groups in total. The maximum atomic E-state index is 12.0. The molecule has 2 aromatic carbocycles. The van der Waals surface area contributed by atoms with E-state index >= 15 is 0 Å². The molecule has 0 unspecified atom stereocenters. The Morgan fingerprint density at radius 1 is 1.04 bits per heavy atom. The van der Waals surface area contributed by atoms with Crippen LogP contribution in [-0.4, -0.2) is 6.73 Å². The predicted molar refractivity (Wildman–Crippen MR) is 114 cm³/mol. The van der Waals surface area contributed by atoms with Crippen LogP contribution >= 0.6 is 0 Å². The van der Waals surface area contributed by atoms with Gasteiger partial charge in [0.1, 0.15) is 11.3 Å². The zero-order chi connectivity index (χ0) is 20.0. The molecule has 0 atom stereocenters.